The van der Waals surface area contributed by atoms with E-state index in [1.165, 1.54) is 17.0 Å². The summed E-state index contributed by atoms with van der Waals surface area (Å²) >= 11 is 8.45. The van der Waals surface area contributed by atoms with Gasteiger partial charge in [0.05, 0.1) is 10.6 Å². The summed E-state index contributed by atoms with van der Waals surface area (Å²) in [5, 5.41) is 13.6. The Morgan fingerprint density at radius 1 is 1.19 bits per heavy atom. The number of anilines is 1. The van der Waals surface area contributed by atoms with Gasteiger partial charge in [-0.3, -0.25) is 29.9 Å². The number of nitro groups is 1. The van der Waals surface area contributed by atoms with Gasteiger partial charge < -0.3 is 0 Å². The summed E-state index contributed by atoms with van der Waals surface area (Å²) < 4.78 is 0.827. The van der Waals surface area contributed by atoms with Gasteiger partial charge in [-0.2, -0.15) is 0 Å². The highest BCUT2D eigenvalue weighted by Gasteiger charge is 2.34. The van der Waals surface area contributed by atoms with Crippen LogP contribution < -0.4 is 10.2 Å². The lowest BCUT2D eigenvalue weighted by molar-refractivity contribution is -0.385. The van der Waals surface area contributed by atoms with Gasteiger partial charge in [-0.1, -0.05) is 28.1 Å². The lowest BCUT2D eigenvalue weighted by Gasteiger charge is -2.28. The van der Waals surface area contributed by atoms with Crippen molar-refractivity contribution in [2.45, 2.75) is 6.92 Å². The zero-order chi connectivity index (χ0) is 19.7. The van der Waals surface area contributed by atoms with Crippen molar-refractivity contribution in [2.24, 2.45) is 0 Å². The molecular weight excluding hydrogens is 434 g/mol. The van der Waals surface area contributed by atoms with Gasteiger partial charge in [0.1, 0.15) is 5.57 Å². The van der Waals surface area contributed by atoms with Crippen LogP contribution in [0.4, 0.5) is 11.4 Å². The molecule has 0 spiro atoms. The first-order chi connectivity index (χ1) is 12.8. The van der Waals surface area contributed by atoms with Crippen molar-refractivity contribution in [2.75, 3.05) is 4.90 Å². The average molecular weight is 446 g/mol. The third kappa shape index (κ3) is 3.79. The van der Waals surface area contributed by atoms with E-state index in [-0.39, 0.29) is 16.4 Å². The number of rotatable bonds is 3. The number of benzene rings is 2. The molecule has 0 unspecified atom stereocenters. The van der Waals surface area contributed by atoms with Crippen molar-refractivity contribution < 1.29 is 14.5 Å². The Morgan fingerprint density at radius 3 is 2.48 bits per heavy atom. The van der Waals surface area contributed by atoms with E-state index in [0.717, 1.165) is 4.47 Å². The van der Waals surface area contributed by atoms with Crippen LogP contribution in [0.5, 0.6) is 0 Å². The second-order valence-corrected chi connectivity index (χ2v) is 7.04. The maximum absolute atomic E-state index is 12.9. The predicted octanol–water partition coefficient (Wildman–Crippen LogP) is 3.50. The van der Waals surface area contributed by atoms with Gasteiger partial charge in [0.25, 0.3) is 17.5 Å². The molecule has 9 heteroatoms. The summed E-state index contributed by atoms with van der Waals surface area (Å²) in [5.74, 6) is -1.25. The summed E-state index contributed by atoms with van der Waals surface area (Å²) in [4.78, 5) is 37.0. The fraction of sp³-hybridized carbons (Fsp3) is 0.0556. The number of nitro benzene ring substituents is 1. The van der Waals surface area contributed by atoms with E-state index < -0.39 is 16.7 Å². The second-order valence-electron chi connectivity index (χ2n) is 5.74. The molecule has 1 saturated heterocycles. The summed E-state index contributed by atoms with van der Waals surface area (Å²) in [5.41, 5.74) is 1.10. The van der Waals surface area contributed by atoms with Gasteiger partial charge in [-0.25, -0.2) is 0 Å². The number of amides is 2. The van der Waals surface area contributed by atoms with Gasteiger partial charge in [0.2, 0.25) is 0 Å². The van der Waals surface area contributed by atoms with E-state index in [0.29, 0.717) is 16.8 Å². The van der Waals surface area contributed by atoms with Crippen LogP contribution in [0.3, 0.4) is 0 Å². The van der Waals surface area contributed by atoms with Crippen molar-refractivity contribution in [3.05, 3.63) is 73.8 Å². The number of halogens is 1. The summed E-state index contributed by atoms with van der Waals surface area (Å²) in [6.07, 6.45) is 1.32. The van der Waals surface area contributed by atoms with Crippen LogP contribution in [0.2, 0.25) is 0 Å². The number of hydrogen-bond acceptors (Lipinski definition) is 5. The van der Waals surface area contributed by atoms with Gasteiger partial charge in [0.15, 0.2) is 5.11 Å². The molecule has 0 saturated carbocycles. The van der Waals surface area contributed by atoms with E-state index >= 15 is 0 Å². The van der Waals surface area contributed by atoms with Gasteiger partial charge >= 0.3 is 0 Å². The standard InChI is InChI=1S/C18H12BrN3O4S/c1-10-2-3-11(9-15(10)22(25)26)8-14-16(23)20-18(27)21(17(14)24)13-6-4-12(19)5-7-13/h2-9H,1H3,(H,20,23,27)/b14-8+. The lowest BCUT2D eigenvalue weighted by atomic mass is 10.0. The van der Waals surface area contributed by atoms with E-state index in [2.05, 4.69) is 21.2 Å². The van der Waals surface area contributed by atoms with E-state index in [1.54, 1.807) is 43.3 Å². The number of carbonyl (C=O) groups is 2. The molecule has 0 aromatic heterocycles. The molecule has 0 atom stereocenters. The molecule has 2 aromatic rings. The Kier molecular flexibility index (Phi) is 5.15. The van der Waals surface area contributed by atoms with Gasteiger partial charge in [-0.05, 0) is 55.0 Å². The van der Waals surface area contributed by atoms with Crippen molar-refractivity contribution in [3.8, 4) is 0 Å². The number of nitrogens with zero attached hydrogens (tertiary/aromatic N) is 2. The summed E-state index contributed by atoms with van der Waals surface area (Å²) in [7, 11) is 0. The normalized spacial score (nSPS) is 15.9. The Balaban J connectivity index is 2.03. The van der Waals surface area contributed by atoms with E-state index in [9.17, 15) is 19.7 Å². The Hall–Kier alpha value is -2.91. The molecule has 0 radical (unpaired) electrons. The van der Waals surface area contributed by atoms with E-state index in [1.807, 2.05) is 0 Å². The third-order valence-electron chi connectivity index (χ3n) is 3.93. The zero-order valence-corrected chi connectivity index (χ0v) is 16.3. The molecule has 1 N–H and O–H groups in total. The SMILES string of the molecule is Cc1ccc(/C=C2\C(=O)NC(=S)N(c3ccc(Br)cc3)C2=O)cc1[N+](=O)[O-]. The van der Waals surface area contributed by atoms with Crippen LogP contribution in [0.1, 0.15) is 11.1 Å². The summed E-state index contributed by atoms with van der Waals surface area (Å²) in [6.45, 7) is 1.61. The van der Waals surface area contributed by atoms with Gasteiger partial charge in [-0.15, -0.1) is 0 Å². The molecule has 1 aliphatic rings. The minimum atomic E-state index is -0.651. The lowest BCUT2D eigenvalue weighted by Crippen LogP contribution is -2.54. The van der Waals surface area contributed by atoms with Crippen LogP contribution in [0.15, 0.2) is 52.5 Å². The molecule has 27 heavy (non-hydrogen) atoms. The molecular formula is C18H12BrN3O4S. The minimum absolute atomic E-state index is 0.0284. The predicted molar refractivity (Wildman–Crippen MR) is 108 cm³/mol. The molecule has 1 fully saturated rings. The van der Waals surface area contributed by atoms with Crippen molar-refractivity contribution in [3.63, 3.8) is 0 Å². The molecule has 0 aliphatic carbocycles. The first kappa shape index (κ1) is 18.9. The number of carbonyl (C=O) groups excluding carboxylic acids is 2. The van der Waals surface area contributed by atoms with Crippen molar-refractivity contribution in [1.29, 1.82) is 0 Å². The van der Waals surface area contributed by atoms with Crippen molar-refractivity contribution >= 4 is 62.5 Å². The minimum Gasteiger partial charge on any atom is -0.298 e. The topological polar surface area (TPSA) is 92.6 Å². The molecule has 2 amide bonds. The maximum atomic E-state index is 12.9. The maximum Gasteiger partial charge on any atom is 0.272 e. The first-order valence-electron chi connectivity index (χ1n) is 7.70. The highest BCUT2D eigenvalue weighted by Crippen LogP contribution is 2.25. The average Bonchev–Trinajstić information content (AvgIpc) is 2.61. The molecule has 1 heterocycles. The third-order valence-corrected chi connectivity index (χ3v) is 4.74. The molecule has 136 valence electrons. The number of nitrogens with one attached hydrogen (secondary N) is 1. The first-order valence-corrected chi connectivity index (χ1v) is 8.90. The quantitative estimate of drug-likeness (QED) is 0.256. The Morgan fingerprint density at radius 2 is 1.85 bits per heavy atom. The van der Waals surface area contributed by atoms with Gasteiger partial charge in [0, 0.05) is 16.1 Å². The highest BCUT2D eigenvalue weighted by molar-refractivity contribution is 9.10. The molecule has 0 bridgehead atoms. The number of hydrogen-bond donors (Lipinski definition) is 1. The molecule has 3 rings (SSSR count). The van der Waals surface area contributed by atoms with E-state index in [4.69, 9.17) is 12.2 Å². The largest absolute Gasteiger partial charge is 0.298 e. The molecule has 2 aromatic carbocycles. The Labute approximate surface area is 167 Å². The van der Waals surface area contributed by atoms with Crippen LogP contribution >= 0.6 is 28.1 Å². The zero-order valence-electron chi connectivity index (χ0n) is 13.9. The molecule has 7 nitrogen and oxygen atoms in total. The highest BCUT2D eigenvalue weighted by atomic mass is 79.9. The second kappa shape index (κ2) is 7.37. The van der Waals surface area contributed by atoms with Crippen LogP contribution in [0, 0.1) is 17.0 Å². The fourth-order valence-corrected chi connectivity index (χ4v) is 3.11. The number of aryl methyl sites for hydroxylation is 1. The number of thiocarbonyl (C=S) groups is 1. The van der Waals surface area contributed by atoms with Crippen LogP contribution in [-0.2, 0) is 9.59 Å². The monoisotopic (exact) mass is 445 g/mol. The Bertz CT molecular complexity index is 1020. The van der Waals surface area contributed by atoms with Crippen LogP contribution in [0.25, 0.3) is 6.08 Å². The molecule has 1 aliphatic heterocycles. The summed E-state index contributed by atoms with van der Waals surface area (Å²) in [6, 6.07) is 11.3. The fourth-order valence-electron chi connectivity index (χ4n) is 2.56. The van der Waals surface area contributed by atoms with Crippen LogP contribution in [-0.4, -0.2) is 21.9 Å². The smallest absolute Gasteiger partial charge is 0.272 e. The van der Waals surface area contributed by atoms with Crippen molar-refractivity contribution in [1.82, 2.24) is 5.32 Å².